The van der Waals surface area contributed by atoms with Gasteiger partial charge in [0.2, 0.25) is 0 Å². The Labute approximate surface area is 193 Å². The molecule has 3 aromatic rings. The monoisotopic (exact) mass is 467 g/mol. The van der Waals surface area contributed by atoms with Crippen LogP contribution in [0.1, 0.15) is 22.8 Å². The van der Waals surface area contributed by atoms with Crippen LogP contribution in [0.2, 0.25) is 0 Å². The minimum Gasteiger partial charge on any atom is -0.493 e. The van der Waals surface area contributed by atoms with Crippen molar-refractivity contribution >= 4 is 27.3 Å². The fourth-order valence-corrected chi connectivity index (χ4v) is 4.25. The molecule has 0 aliphatic carbocycles. The van der Waals surface area contributed by atoms with Crippen LogP contribution in [0.25, 0.3) is 0 Å². The molecular formula is C24H25N3O5S. The predicted molar refractivity (Wildman–Crippen MR) is 128 cm³/mol. The zero-order valence-corrected chi connectivity index (χ0v) is 19.6. The van der Waals surface area contributed by atoms with Gasteiger partial charge in [-0.2, -0.15) is 5.10 Å². The molecule has 0 aromatic heterocycles. The van der Waals surface area contributed by atoms with E-state index >= 15 is 0 Å². The van der Waals surface area contributed by atoms with Crippen molar-refractivity contribution < 1.29 is 22.7 Å². The maximum Gasteiger partial charge on any atom is 0.271 e. The summed E-state index contributed by atoms with van der Waals surface area (Å²) in [7, 11) is 0.868. The quantitative estimate of drug-likeness (QED) is 0.403. The van der Waals surface area contributed by atoms with Crippen LogP contribution in [0, 0.1) is 0 Å². The molecule has 1 amide bonds. The fourth-order valence-electron chi connectivity index (χ4n) is 3.04. The van der Waals surface area contributed by atoms with Crippen LogP contribution in [-0.4, -0.2) is 41.3 Å². The van der Waals surface area contributed by atoms with E-state index in [0.29, 0.717) is 28.5 Å². The Kier molecular flexibility index (Phi) is 7.34. The molecule has 0 aliphatic rings. The number of ether oxygens (including phenoxy) is 2. The molecule has 0 aliphatic heterocycles. The smallest absolute Gasteiger partial charge is 0.271 e. The number of hydrazone groups is 1. The molecule has 3 aromatic carbocycles. The van der Waals surface area contributed by atoms with E-state index in [2.05, 4.69) is 10.5 Å². The third kappa shape index (κ3) is 5.32. The van der Waals surface area contributed by atoms with Crippen molar-refractivity contribution in [1.82, 2.24) is 5.43 Å². The van der Waals surface area contributed by atoms with Gasteiger partial charge in [0, 0.05) is 18.2 Å². The van der Waals surface area contributed by atoms with Crippen molar-refractivity contribution in [3.05, 3.63) is 83.9 Å². The van der Waals surface area contributed by atoms with Crippen LogP contribution < -0.4 is 19.2 Å². The first kappa shape index (κ1) is 23.8. The zero-order valence-electron chi connectivity index (χ0n) is 18.8. The second kappa shape index (κ2) is 10.2. The van der Waals surface area contributed by atoms with Gasteiger partial charge in [-0.1, -0.05) is 18.2 Å². The summed E-state index contributed by atoms with van der Waals surface area (Å²) in [6, 6.07) is 19.7. The summed E-state index contributed by atoms with van der Waals surface area (Å²) >= 11 is 0. The van der Waals surface area contributed by atoms with Crippen molar-refractivity contribution in [3.63, 3.8) is 0 Å². The molecule has 0 radical (unpaired) electrons. The summed E-state index contributed by atoms with van der Waals surface area (Å²) in [4.78, 5) is 12.7. The SMILES string of the molecule is COc1ccc(/C(C)=N/NC(=O)c2ccc(N(C)S(=O)(=O)c3ccccc3)cc2)cc1OC. The Morgan fingerprint density at radius 1 is 0.879 bits per heavy atom. The number of carbonyl (C=O) groups is 1. The zero-order chi connectivity index (χ0) is 24.0. The lowest BCUT2D eigenvalue weighted by Gasteiger charge is -2.19. The lowest BCUT2D eigenvalue weighted by atomic mass is 10.1. The van der Waals surface area contributed by atoms with Crippen molar-refractivity contribution in [2.45, 2.75) is 11.8 Å². The number of sulfonamides is 1. The Balaban J connectivity index is 1.72. The van der Waals surface area contributed by atoms with Crippen molar-refractivity contribution in [2.24, 2.45) is 5.10 Å². The molecule has 0 unspecified atom stereocenters. The fraction of sp³-hybridized carbons (Fsp3) is 0.167. The maximum atomic E-state index is 12.8. The molecule has 0 spiro atoms. The summed E-state index contributed by atoms with van der Waals surface area (Å²) in [5.41, 5.74) is 4.62. The Morgan fingerprint density at radius 2 is 1.48 bits per heavy atom. The van der Waals surface area contributed by atoms with Gasteiger partial charge < -0.3 is 9.47 Å². The summed E-state index contributed by atoms with van der Waals surface area (Å²) in [6.45, 7) is 1.76. The van der Waals surface area contributed by atoms with Crippen LogP contribution >= 0.6 is 0 Å². The number of nitrogens with zero attached hydrogens (tertiary/aromatic N) is 2. The number of nitrogens with one attached hydrogen (secondary N) is 1. The lowest BCUT2D eigenvalue weighted by molar-refractivity contribution is 0.0955. The minimum atomic E-state index is -3.70. The molecule has 0 heterocycles. The molecule has 0 fully saturated rings. The third-order valence-corrected chi connectivity index (χ3v) is 6.82. The van der Waals surface area contributed by atoms with E-state index in [4.69, 9.17) is 9.47 Å². The number of hydrogen-bond donors (Lipinski definition) is 1. The van der Waals surface area contributed by atoms with Crippen LogP contribution in [0.15, 0.2) is 82.8 Å². The number of hydrogen-bond acceptors (Lipinski definition) is 6. The number of methoxy groups -OCH3 is 2. The number of benzene rings is 3. The van der Waals surface area contributed by atoms with E-state index in [0.717, 1.165) is 5.56 Å². The highest BCUT2D eigenvalue weighted by Gasteiger charge is 2.21. The van der Waals surface area contributed by atoms with Gasteiger partial charge >= 0.3 is 0 Å². The molecule has 33 heavy (non-hydrogen) atoms. The normalized spacial score (nSPS) is 11.6. The van der Waals surface area contributed by atoms with Crippen LogP contribution in [0.4, 0.5) is 5.69 Å². The second-order valence-electron chi connectivity index (χ2n) is 7.04. The highest BCUT2D eigenvalue weighted by molar-refractivity contribution is 7.92. The number of carbonyl (C=O) groups excluding carboxylic acids is 1. The number of anilines is 1. The standard InChI is InChI=1S/C24H25N3O5S/c1-17(19-12-15-22(31-3)23(16-19)32-4)25-26-24(28)18-10-13-20(14-11-18)27(2)33(29,30)21-8-6-5-7-9-21/h5-16H,1-4H3,(H,26,28)/b25-17+. The largest absolute Gasteiger partial charge is 0.493 e. The molecule has 0 saturated carbocycles. The minimum absolute atomic E-state index is 0.189. The molecule has 172 valence electrons. The summed E-state index contributed by atoms with van der Waals surface area (Å²) in [5, 5.41) is 4.15. The third-order valence-electron chi connectivity index (χ3n) is 5.02. The van der Waals surface area contributed by atoms with Gasteiger partial charge in [0.25, 0.3) is 15.9 Å². The predicted octanol–water partition coefficient (Wildman–Crippen LogP) is 3.68. The van der Waals surface area contributed by atoms with Gasteiger partial charge in [-0.15, -0.1) is 0 Å². The highest BCUT2D eigenvalue weighted by Crippen LogP contribution is 2.27. The first-order valence-corrected chi connectivity index (χ1v) is 11.4. The van der Waals surface area contributed by atoms with Crippen LogP contribution in [0.3, 0.4) is 0 Å². The van der Waals surface area contributed by atoms with E-state index in [-0.39, 0.29) is 4.90 Å². The summed E-state index contributed by atoms with van der Waals surface area (Å²) in [5.74, 6) is 0.730. The van der Waals surface area contributed by atoms with E-state index in [1.807, 2.05) is 6.07 Å². The van der Waals surface area contributed by atoms with Crippen molar-refractivity contribution in [1.29, 1.82) is 0 Å². The Morgan fingerprint density at radius 3 is 2.09 bits per heavy atom. The van der Waals surface area contributed by atoms with E-state index in [9.17, 15) is 13.2 Å². The highest BCUT2D eigenvalue weighted by atomic mass is 32.2. The number of rotatable bonds is 8. The first-order chi connectivity index (χ1) is 15.8. The van der Waals surface area contributed by atoms with E-state index in [1.165, 1.54) is 23.5 Å². The molecule has 0 saturated heterocycles. The van der Waals surface area contributed by atoms with Gasteiger partial charge in [-0.05, 0) is 61.5 Å². The molecule has 9 heteroatoms. The van der Waals surface area contributed by atoms with Crippen LogP contribution in [-0.2, 0) is 10.0 Å². The summed E-state index contributed by atoms with van der Waals surface area (Å²) in [6.07, 6.45) is 0. The Bertz CT molecular complexity index is 1260. The Hall–Kier alpha value is -3.85. The van der Waals surface area contributed by atoms with Crippen molar-refractivity contribution in [2.75, 3.05) is 25.6 Å². The average molecular weight is 468 g/mol. The van der Waals surface area contributed by atoms with Gasteiger partial charge in [-0.25, -0.2) is 13.8 Å². The van der Waals surface area contributed by atoms with Gasteiger partial charge in [0.15, 0.2) is 11.5 Å². The maximum absolute atomic E-state index is 12.8. The van der Waals surface area contributed by atoms with E-state index < -0.39 is 15.9 Å². The number of amides is 1. The molecular weight excluding hydrogens is 442 g/mol. The average Bonchev–Trinajstić information content (AvgIpc) is 2.86. The van der Waals surface area contributed by atoms with Gasteiger partial charge in [0.05, 0.1) is 30.5 Å². The van der Waals surface area contributed by atoms with E-state index in [1.54, 1.807) is 75.7 Å². The molecule has 0 atom stereocenters. The lowest BCUT2D eigenvalue weighted by Crippen LogP contribution is -2.26. The molecule has 1 N–H and O–H groups in total. The molecule has 8 nitrogen and oxygen atoms in total. The molecule has 0 bridgehead atoms. The first-order valence-electron chi connectivity index (χ1n) is 9.99. The van der Waals surface area contributed by atoms with Gasteiger partial charge in [0.1, 0.15) is 0 Å². The topological polar surface area (TPSA) is 97.3 Å². The second-order valence-corrected chi connectivity index (χ2v) is 9.01. The summed E-state index contributed by atoms with van der Waals surface area (Å²) < 4.78 is 37.2. The molecule has 3 rings (SSSR count). The van der Waals surface area contributed by atoms with Gasteiger partial charge in [-0.3, -0.25) is 9.10 Å². The van der Waals surface area contributed by atoms with Crippen LogP contribution in [0.5, 0.6) is 11.5 Å². The van der Waals surface area contributed by atoms with Crippen molar-refractivity contribution in [3.8, 4) is 11.5 Å².